The Labute approximate surface area is 147 Å². The number of rotatable bonds is 4. The van der Waals surface area contributed by atoms with Crippen LogP contribution in [-0.4, -0.2) is 35.9 Å². The number of hydrogen-bond donors (Lipinski definition) is 0. The SMILES string of the molecule is C#CCOc1cc(Br)c(/C=C2/SC(=S)N(C)C2=O)cc1OC. The molecule has 114 valence electrons. The molecule has 2 rings (SSSR count). The molecule has 0 bridgehead atoms. The van der Waals surface area contributed by atoms with Crippen molar-refractivity contribution in [1.29, 1.82) is 0 Å². The molecule has 22 heavy (non-hydrogen) atoms. The van der Waals surface area contributed by atoms with Gasteiger partial charge in [-0.2, -0.15) is 0 Å². The van der Waals surface area contributed by atoms with E-state index in [1.807, 2.05) is 0 Å². The van der Waals surface area contributed by atoms with Crippen LogP contribution in [0.1, 0.15) is 5.56 Å². The zero-order chi connectivity index (χ0) is 16.3. The third-order valence-corrected chi connectivity index (χ3v) is 5.04. The largest absolute Gasteiger partial charge is 0.493 e. The van der Waals surface area contributed by atoms with Crippen molar-refractivity contribution in [2.45, 2.75) is 0 Å². The Hall–Kier alpha value is -1.49. The number of halogens is 1. The molecule has 0 radical (unpaired) electrons. The number of carbonyl (C=O) groups is 1. The number of thioether (sulfide) groups is 1. The van der Waals surface area contributed by atoms with Crippen LogP contribution >= 0.6 is 39.9 Å². The number of methoxy groups -OCH3 is 1. The smallest absolute Gasteiger partial charge is 0.265 e. The maximum atomic E-state index is 12.1. The fourth-order valence-corrected chi connectivity index (χ4v) is 3.35. The lowest BCUT2D eigenvalue weighted by Gasteiger charge is -2.11. The van der Waals surface area contributed by atoms with Crippen LogP contribution in [0.15, 0.2) is 21.5 Å². The molecule has 0 spiro atoms. The highest BCUT2D eigenvalue weighted by atomic mass is 79.9. The molecule has 1 aliphatic heterocycles. The Morgan fingerprint density at radius 3 is 2.77 bits per heavy atom. The number of benzene rings is 1. The van der Waals surface area contributed by atoms with E-state index in [9.17, 15) is 4.79 Å². The van der Waals surface area contributed by atoms with Crippen molar-refractivity contribution in [3.63, 3.8) is 0 Å². The summed E-state index contributed by atoms with van der Waals surface area (Å²) < 4.78 is 12.0. The topological polar surface area (TPSA) is 38.8 Å². The molecule has 0 saturated carbocycles. The first kappa shape index (κ1) is 16.9. The lowest BCUT2D eigenvalue weighted by Crippen LogP contribution is -2.22. The van der Waals surface area contributed by atoms with Crippen molar-refractivity contribution in [3.8, 4) is 23.8 Å². The summed E-state index contributed by atoms with van der Waals surface area (Å²) in [6.45, 7) is 0.149. The lowest BCUT2D eigenvalue weighted by molar-refractivity contribution is -0.121. The fourth-order valence-electron chi connectivity index (χ4n) is 1.74. The van der Waals surface area contributed by atoms with E-state index in [-0.39, 0.29) is 12.5 Å². The van der Waals surface area contributed by atoms with E-state index in [2.05, 4.69) is 21.9 Å². The van der Waals surface area contributed by atoms with Gasteiger partial charge >= 0.3 is 0 Å². The van der Waals surface area contributed by atoms with Crippen LogP contribution < -0.4 is 9.47 Å². The molecule has 1 amide bonds. The number of hydrogen-bond acceptors (Lipinski definition) is 5. The number of ether oxygens (including phenoxy) is 2. The molecule has 7 heteroatoms. The van der Waals surface area contributed by atoms with Crippen molar-refractivity contribution in [2.75, 3.05) is 20.8 Å². The van der Waals surface area contributed by atoms with Gasteiger partial charge in [0.15, 0.2) is 11.5 Å². The van der Waals surface area contributed by atoms with Crippen LogP contribution in [0.3, 0.4) is 0 Å². The molecule has 0 unspecified atom stereocenters. The van der Waals surface area contributed by atoms with Crippen LogP contribution in [0.2, 0.25) is 0 Å². The average molecular weight is 398 g/mol. The zero-order valence-corrected chi connectivity index (χ0v) is 15.1. The summed E-state index contributed by atoms with van der Waals surface area (Å²) in [5.41, 5.74) is 0.791. The van der Waals surface area contributed by atoms with Gasteiger partial charge in [0.05, 0.1) is 12.0 Å². The van der Waals surface area contributed by atoms with E-state index >= 15 is 0 Å². The van der Waals surface area contributed by atoms with Gasteiger partial charge in [0, 0.05) is 11.5 Å². The summed E-state index contributed by atoms with van der Waals surface area (Å²) in [6, 6.07) is 3.53. The fraction of sp³-hybridized carbons (Fsp3) is 0.200. The van der Waals surface area contributed by atoms with E-state index in [0.29, 0.717) is 20.7 Å². The lowest BCUT2D eigenvalue weighted by atomic mass is 10.2. The van der Waals surface area contributed by atoms with Crippen molar-refractivity contribution in [3.05, 3.63) is 27.1 Å². The van der Waals surface area contributed by atoms with Crippen molar-refractivity contribution in [2.24, 2.45) is 0 Å². The summed E-state index contributed by atoms with van der Waals surface area (Å²) >= 11 is 9.84. The quantitative estimate of drug-likeness (QED) is 0.442. The number of nitrogens with zero attached hydrogens (tertiary/aromatic N) is 1. The first-order chi connectivity index (χ1) is 10.5. The molecule has 1 aliphatic rings. The Kier molecular flexibility index (Phi) is 5.51. The molecule has 1 fully saturated rings. The van der Waals surface area contributed by atoms with E-state index in [1.165, 1.54) is 16.7 Å². The second-order valence-electron chi connectivity index (χ2n) is 4.26. The van der Waals surface area contributed by atoms with Crippen LogP contribution in [0.5, 0.6) is 11.5 Å². The molecular formula is C15H12BrNO3S2. The summed E-state index contributed by atoms with van der Waals surface area (Å²) in [5.74, 6) is 3.36. The number of amides is 1. The molecule has 1 aromatic carbocycles. The Morgan fingerprint density at radius 1 is 1.50 bits per heavy atom. The monoisotopic (exact) mass is 397 g/mol. The molecule has 1 heterocycles. The molecule has 1 saturated heterocycles. The highest BCUT2D eigenvalue weighted by Crippen LogP contribution is 2.37. The van der Waals surface area contributed by atoms with Gasteiger partial charge in [-0.15, -0.1) is 6.42 Å². The standard InChI is InChI=1S/C15H12BrNO3S2/c1-4-5-20-12-8-10(16)9(6-11(12)19-3)7-13-14(18)17(2)15(21)22-13/h1,6-8H,5H2,2-3H3/b13-7+. The maximum Gasteiger partial charge on any atom is 0.265 e. The van der Waals surface area contributed by atoms with Crippen LogP contribution in [0.4, 0.5) is 0 Å². The molecule has 0 N–H and O–H groups in total. The molecule has 0 aromatic heterocycles. The van der Waals surface area contributed by atoms with Crippen LogP contribution in [0.25, 0.3) is 6.08 Å². The first-order valence-electron chi connectivity index (χ1n) is 6.13. The normalized spacial score (nSPS) is 16.1. The minimum atomic E-state index is -0.117. The predicted octanol–water partition coefficient (Wildman–Crippen LogP) is 3.30. The highest BCUT2D eigenvalue weighted by Gasteiger charge is 2.29. The van der Waals surface area contributed by atoms with Gasteiger partial charge in [-0.05, 0) is 23.8 Å². The summed E-state index contributed by atoms with van der Waals surface area (Å²) in [6.07, 6.45) is 6.96. The third-order valence-electron chi connectivity index (χ3n) is 2.87. The van der Waals surface area contributed by atoms with Gasteiger partial charge in [0.1, 0.15) is 10.9 Å². The van der Waals surface area contributed by atoms with E-state index < -0.39 is 0 Å². The minimum Gasteiger partial charge on any atom is -0.493 e. The maximum absolute atomic E-state index is 12.1. The number of carbonyl (C=O) groups excluding carboxylic acids is 1. The van der Waals surface area contributed by atoms with Gasteiger partial charge in [-0.1, -0.05) is 45.8 Å². The van der Waals surface area contributed by atoms with Crippen molar-refractivity contribution < 1.29 is 14.3 Å². The molecule has 4 nitrogen and oxygen atoms in total. The van der Waals surface area contributed by atoms with Crippen LogP contribution in [0, 0.1) is 12.3 Å². The van der Waals surface area contributed by atoms with Gasteiger partial charge in [-0.3, -0.25) is 9.69 Å². The predicted molar refractivity (Wildman–Crippen MR) is 96.0 cm³/mol. The van der Waals surface area contributed by atoms with E-state index in [4.69, 9.17) is 28.1 Å². The Balaban J connectivity index is 2.39. The second-order valence-corrected chi connectivity index (χ2v) is 6.79. The Bertz CT molecular complexity index is 709. The highest BCUT2D eigenvalue weighted by molar-refractivity contribution is 9.10. The third kappa shape index (κ3) is 3.46. The van der Waals surface area contributed by atoms with E-state index in [1.54, 1.807) is 32.4 Å². The second kappa shape index (κ2) is 7.18. The number of likely N-dealkylation sites (N-methyl/N-ethyl adjacent to an activating group) is 1. The van der Waals surface area contributed by atoms with Gasteiger partial charge < -0.3 is 9.47 Å². The molecule has 0 atom stereocenters. The summed E-state index contributed by atoms with van der Waals surface area (Å²) in [7, 11) is 3.20. The van der Waals surface area contributed by atoms with Gasteiger partial charge in [0.2, 0.25) is 0 Å². The molecule has 1 aromatic rings. The van der Waals surface area contributed by atoms with E-state index in [0.717, 1.165) is 10.0 Å². The average Bonchev–Trinajstić information content (AvgIpc) is 2.74. The summed E-state index contributed by atoms with van der Waals surface area (Å²) in [5, 5.41) is 0. The number of terminal acetylenes is 1. The van der Waals surface area contributed by atoms with Gasteiger partial charge in [-0.25, -0.2) is 0 Å². The minimum absolute atomic E-state index is 0.117. The number of thiocarbonyl (C=S) groups is 1. The summed E-state index contributed by atoms with van der Waals surface area (Å²) in [4.78, 5) is 14.1. The van der Waals surface area contributed by atoms with Crippen molar-refractivity contribution >= 4 is 56.2 Å². The van der Waals surface area contributed by atoms with Crippen molar-refractivity contribution in [1.82, 2.24) is 4.90 Å². The van der Waals surface area contributed by atoms with Gasteiger partial charge in [0.25, 0.3) is 5.91 Å². The van der Waals surface area contributed by atoms with Crippen LogP contribution in [-0.2, 0) is 4.79 Å². The molecular weight excluding hydrogens is 386 g/mol. The molecule has 0 aliphatic carbocycles. The Morgan fingerprint density at radius 2 is 2.23 bits per heavy atom. The zero-order valence-electron chi connectivity index (χ0n) is 11.9. The first-order valence-corrected chi connectivity index (χ1v) is 8.15.